The Labute approximate surface area is 290 Å². The number of aromatic nitrogens is 1. The zero-order chi connectivity index (χ0) is 34.4. The van der Waals surface area contributed by atoms with E-state index in [0.717, 1.165) is 16.9 Å². The van der Waals surface area contributed by atoms with Crippen molar-refractivity contribution in [2.45, 2.75) is 33.4 Å². The van der Waals surface area contributed by atoms with Gasteiger partial charge in [0.05, 0.1) is 53.7 Å². The van der Waals surface area contributed by atoms with Crippen LogP contribution in [0, 0.1) is 0 Å². The molecule has 0 fully saturated rings. The van der Waals surface area contributed by atoms with Crippen LogP contribution in [0.1, 0.15) is 53.9 Å². The van der Waals surface area contributed by atoms with E-state index in [9.17, 15) is 14.4 Å². The van der Waals surface area contributed by atoms with Crippen LogP contribution in [-0.2, 0) is 20.9 Å². The van der Waals surface area contributed by atoms with Gasteiger partial charge in [0.15, 0.2) is 16.3 Å². The number of nitrogens with zero attached hydrogens (tertiary/aromatic N) is 2. The summed E-state index contributed by atoms with van der Waals surface area (Å²) < 4.78 is 29.5. The van der Waals surface area contributed by atoms with Crippen molar-refractivity contribution in [2.24, 2.45) is 4.99 Å². The lowest BCUT2D eigenvalue weighted by molar-refractivity contribution is -0.136. The maximum Gasteiger partial charge on any atom is 0.338 e. The highest BCUT2D eigenvalue weighted by Crippen LogP contribution is 2.36. The van der Waals surface area contributed by atoms with Crippen molar-refractivity contribution in [3.8, 4) is 17.2 Å². The number of benzene rings is 3. The standard InChI is InChI=1S/C35H32Cl2N2O8S/c1-5-44-27-13-12-22(15-28(27)45-6-2)30-25(34(42)43-4)18-38-35-39(30)32(40)29(48-35)16-23-14-24(36)17-26(37)31(23)47-19-20-8-10-21(11-9-20)33(41)46-7-3/h8-18,30H,5-7,19H2,1-4H3/b29-16+/t30-/m0/s1. The van der Waals surface area contributed by atoms with Crippen LogP contribution in [-0.4, -0.2) is 43.4 Å². The van der Waals surface area contributed by atoms with Crippen LogP contribution in [0.3, 0.4) is 0 Å². The Balaban J connectivity index is 1.56. The number of methoxy groups -OCH3 is 1. The summed E-state index contributed by atoms with van der Waals surface area (Å²) in [6.07, 6.45) is 3.05. The Morgan fingerprint density at radius 1 is 0.917 bits per heavy atom. The molecule has 1 aliphatic heterocycles. The van der Waals surface area contributed by atoms with Crippen molar-refractivity contribution in [2.75, 3.05) is 26.9 Å². The molecule has 13 heteroatoms. The predicted molar refractivity (Wildman–Crippen MR) is 183 cm³/mol. The predicted octanol–water partition coefficient (Wildman–Crippen LogP) is 5.88. The second-order valence-electron chi connectivity index (χ2n) is 10.3. The molecule has 2 heterocycles. The molecule has 250 valence electrons. The van der Waals surface area contributed by atoms with Gasteiger partial charge in [0.1, 0.15) is 12.4 Å². The first-order valence-corrected chi connectivity index (χ1v) is 16.6. The molecule has 1 atom stereocenters. The number of fused-ring (bicyclic) bond motifs is 1. The zero-order valence-electron chi connectivity index (χ0n) is 26.6. The molecule has 3 aromatic carbocycles. The molecule has 5 rings (SSSR count). The van der Waals surface area contributed by atoms with Crippen molar-refractivity contribution in [1.29, 1.82) is 0 Å². The van der Waals surface area contributed by atoms with Gasteiger partial charge < -0.3 is 23.7 Å². The number of thiazole rings is 1. The molecule has 0 bridgehead atoms. The van der Waals surface area contributed by atoms with Crippen LogP contribution >= 0.6 is 34.5 Å². The molecule has 0 aliphatic carbocycles. The normalized spacial score (nSPS) is 14.0. The molecule has 0 saturated carbocycles. The van der Waals surface area contributed by atoms with E-state index in [-0.39, 0.29) is 23.8 Å². The first kappa shape index (κ1) is 34.7. The van der Waals surface area contributed by atoms with Gasteiger partial charge in [0, 0.05) is 16.8 Å². The summed E-state index contributed by atoms with van der Waals surface area (Å²) in [5, 5.41) is 0.585. The molecule has 1 aromatic heterocycles. The summed E-state index contributed by atoms with van der Waals surface area (Å²) in [4.78, 5) is 43.9. The minimum atomic E-state index is -0.859. The number of halogens is 2. The third-order valence-electron chi connectivity index (χ3n) is 7.18. The summed E-state index contributed by atoms with van der Waals surface area (Å²) >= 11 is 14.1. The molecule has 48 heavy (non-hydrogen) atoms. The maximum atomic E-state index is 14.1. The van der Waals surface area contributed by atoms with Gasteiger partial charge in [-0.1, -0.05) is 52.7 Å². The summed E-state index contributed by atoms with van der Waals surface area (Å²) in [6, 6.07) is 14.4. The van der Waals surface area contributed by atoms with E-state index in [1.807, 2.05) is 13.8 Å². The largest absolute Gasteiger partial charge is 0.490 e. The molecule has 0 N–H and O–H groups in total. The van der Waals surface area contributed by atoms with Gasteiger partial charge in [-0.25, -0.2) is 14.6 Å². The highest BCUT2D eigenvalue weighted by molar-refractivity contribution is 7.07. The fourth-order valence-electron chi connectivity index (χ4n) is 5.08. The summed E-state index contributed by atoms with van der Waals surface area (Å²) in [5.74, 6) is 0.289. The first-order chi connectivity index (χ1) is 23.2. The average Bonchev–Trinajstić information content (AvgIpc) is 3.39. The Morgan fingerprint density at radius 2 is 1.65 bits per heavy atom. The van der Waals surface area contributed by atoms with Gasteiger partial charge in [-0.05, 0) is 74.4 Å². The van der Waals surface area contributed by atoms with Crippen molar-refractivity contribution in [3.63, 3.8) is 0 Å². The molecular formula is C35H32Cl2N2O8S. The number of esters is 2. The fourth-order valence-corrected chi connectivity index (χ4v) is 6.60. The molecule has 1 aliphatic rings. The maximum absolute atomic E-state index is 14.1. The fraction of sp³-hybridized carbons (Fsp3) is 0.257. The van der Waals surface area contributed by atoms with Crippen LogP contribution in [0.4, 0.5) is 0 Å². The Kier molecular flexibility index (Phi) is 11.3. The number of carbonyl (C=O) groups excluding carboxylic acids is 2. The molecule has 4 aromatic rings. The molecule has 10 nitrogen and oxygen atoms in total. The zero-order valence-corrected chi connectivity index (χ0v) is 28.9. The van der Waals surface area contributed by atoms with E-state index < -0.39 is 23.5 Å². The van der Waals surface area contributed by atoms with Gasteiger partial charge in [0.2, 0.25) is 0 Å². The van der Waals surface area contributed by atoms with Gasteiger partial charge in [0.25, 0.3) is 5.56 Å². The number of hydrogen-bond acceptors (Lipinski definition) is 10. The minimum absolute atomic E-state index is 0.120. The molecule has 0 radical (unpaired) electrons. The molecule has 0 amide bonds. The van der Waals surface area contributed by atoms with Crippen molar-refractivity contribution in [3.05, 3.63) is 118 Å². The molecule has 0 saturated heterocycles. The van der Waals surface area contributed by atoms with Crippen LogP contribution < -0.4 is 29.1 Å². The highest BCUT2D eigenvalue weighted by atomic mass is 35.5. The molecular weight excluding hydrogens is 679 g/mol. The molecule has 0 unspecified atom stereocenters. The van der Waals surface area contributed by atoms with E-state index in [4.69, 9.17) is 46.9 Å². The smallest absolute Gasteiger partial charge is 0.338 e. The third kappa shape index (κ3) is 7.43. The van der Waals surface area contributed by atoms with Crippen LogP contribution in [0.2, 0.25) is 10.0 Å². The van der Waals surface area contributed by atoms with Gasteiger partial charge >= 0.3 is 11.9 Å². The van der Waals surface area contributed by atoms with E-state index in [2.05, 4.69) is 4.99 Å². The van der Waals surface area contributed by atoms with Gasteiger partial charge in [-0.15, -0.1) is 0 Å². The van der Waals surface area contributed by atoms with E-state index in [0.29, 0.717) is 61.5 Å². The first-order valence-electron chi connectivity index (χ1n) is 15.1. The van der Waals surface area contributed by atoms with Gasteiger partial charge in [-0.2, -0.15) is 0 Å². The van der Waals surface area contributed by atoms with Crippen LogP contribution in [0.15, 0.2) is 76.2 Å². The second-order valence-corrected chi connectivity index (χ2v) is 12.1. The summed E-state index contributed by atoms with van der Waals surface area (Å²) in [7, 11) is 1.27. The van der Waals surface area contributed by atoms with E-state index in [1.165, 1.54) is 17.9 Å². The lowest BCUT2D eigenvalue weighted by Crippen LogP contribution is -2.39. The number of ether oxygens (including phenoxy) is 5. The topological polar surface area (TPSA) is 115 Å². The Hall–Kier alpha value is -4.58. The Morgan fingerprint density at radius 3 is 2.33 bits per heavy atom. The number of rotatable bonds is 12. The van der Waals surface area contributed by atoms with Crippen molar-refractivity contribution in [1.82, 2.24) is 4.57 Å². The quantitative estimate of drug-likeness (QED) is 0.168. The summed E-state index contributed by atoms with van der Waals surface area (Å²) in [6.45, 7) is 6.69. The SMILES string of the molecule is CCOC(=O)c1ccc(COc2c(Cl)cc(Cl)cc2/C=c2/sc3n(c2=O)[C@@H](c2ccc(OCC)c(OCC)c2)C(C(=O)OC)=CN=3)cc1. The number of hydrogen-bond donors (Lipinski definition) is 0. The lowest BCUT2D eigenvalue weighted by Gasteiger charge is -2.23. The van der Waals surface area contributed by atoms with Crippen molar-refractivity contribution >= 4 is 52.6 Å². The Bertz CT molecular complexity index is 2050. The van der Waals surface area contributed by atoms with Crippen LogP contribution in [0.25, 0.3) is 6.08 Å². The lowest BCUT2D eigenvalue weighted by atomic mass is 9.97. The van der Waals surface area contributed by atoms with Gasteiger partial charge in [-0.3, -0.25) is 9.36 Å². The third-order valence-corrected chi connectivity index (χ3v) is 8.68. The number of carbonyl (C=O) groups is 2. The van der Waals surface area contributed by atoms with E-state index in [1.54, 1.807) is 67.6 Å². The average molecular weight is 712 g/mol. The highest BCUT2D eigenvalue weighted by Gasteiger charge is 2.31. The minimum Gasteiger partial charge on any atom is -0.490 e. The monoisotopic (exact) mass is 710 g/mol. The van der Waals surface area contributed by atoms with E-state index >= 15 is 0 Å². The molecule has 0 spiro atoms. The second kappa shape index (κ2) is 15.5. The van der Waals surface area contributed by atoms with Crippen molar-refractivity contribution < 1.29 is 33.3 Å². The van der Waals surface area contributed by atoms with Crippen LogP contribution in [0.5, 0.6) is 17.2 Å². The summed E-state index contributed by atoms with van der Waals surface area (Å²) in [5.41, 5.74) is 2.04.